The molecule has 6 aromatic rings. The summed E-state index contributed by atoms with van der Waals surface area (Å²) in [6.45, 7) is 0. The molecule has 0 N–H and O–H groups in total. The van der Waals surface area contributed by atoms with E-state index in [2.05, 4.69) is 96.5 Å². The Morgan fingerprint density at radius 2 is 1.43 bits per heavy atom. The quantitative estimate of drug-likeness (QED) is 0.298. The number of thiophene rings is 1. The van der Waals surface area contributed by atoms with Crippen LogP contribution in [0.5, 0.6) is 0 Å². The Balaban J connectivity index is 1.55. The van der Waals surface area contributed by atoms with Crippen LogP contribution < -0.4 is 0 Å². The molecule has 134 valence electrons. The van der Waals surface area contributed by atoms with Gasteiger partial charge in [0, 0.05) is 49.0 Å². The zero-order valence-electron chi connectivity index (χ0n) is 15.6. The average molecular weight is 378 g/mol. The Hall–Kier alpha value is -3.10. The molecule has 2 heteroatoms. The van der Waals surface area contributed by atoms with Crippen molar-refractivity contribution in [3.05, 3.63) is 96.1 Å². The molecule has 4 aromatic carbocycles. The molecule has 0 atom stereocenters. The van der Waals surface area contributed by atoms with Gasteiger partial charge in [0.05, 0.1) is 0 Å². The minimum absolute atomic E-state index is 0.956. The number of nitrogens with zero attached hydrogens (tertiary/aromatic N) is 1. The summed E-state index contributed by atoms with van der Waals surface area (Å²) in [5.74, 6) is 0. The van der Waals surface area contributed by atoms with Crippen LogP contribution in [-0.4, -0.2) is 4.57 Å². The van der Waals surface area contributed by atoms with E-state index >= 15 is 0 Å². The molecule has 1 nitrogen and oxygen atoms in total. The van der Waals surface area contributed by atoms with E-state index in [0.29, 0.717) is 0 Å². The van der Waals surface area contributed by atoms with Crippen molar-refractivity contribution < 1.29 is 0 Å². The molecule has 6 rings (SSSR count). The summed E-state index contributed by atoms with van der Waals surface area (Å²) in [6, 6.07) is 31.1. The summed E-state index contributed by atoms with van der Waals surface area (Å²) >= 11 is 1.89. The topological polar surface area (TPSA) is 4.93 Å². The van der Waals surface area contributed by atoms with Gasteiger partial charge in [-0.3, -0.25) is 0 Å². The second kappa shape index (κ2) is 5.95. The smallest absolute Gasteiger partial charge is 0.0488 e. The summed E-state index contributed by atoms with van der Waals surface area (Å²) in [5.41, 5.74) is 5.37. The van der Waals surface area contributed by atoms with Crippen LogP contribution in [0.3, 0.4) is 0 Å². The molecule has 28 heavy (non-hydrogen) atoms. The molecule has 0 saturated carbocycles. The second-order valence-electron chi connectivity index (χ2n) is 7.49. The molecule has 2 heterocycles. The summed E-state index contributed by atoms with van der Waals surface area (Å²) in [6.07, 6.45) is 0.956. The first-order chi connectivity index (χ1) is 13.8. The van der Waals surface area contributed by atoms with E-state index in [-0.39, 0.29) is 0 Å². The second-order valence-corrected chi connectivity index (χ2v) is 8.58. The van der Waals surface area contributed by atoms with Gasteiger partial charge in [0.15, 0.2) is 0 Å². The highest BCUT2D eigenvalue weighted by atomic mass is 32.1. The van der Waals surface area contributed by atoms with E-state index in [1.54, 1.807) is 0 Å². The van der Waals surface area contributed by atoms with Gasteiger partial charge in [-0.15, -0.1) is 11.3 Å². The molecule has 0 saturated heterocycles. The van der Waals surface area contributed by atoms with Crippen molar-refractivity contribution in [2.24, 2.45) is 7.05 Å². The maximum Gasteiger partial charge on any atom is 0.0488 e. The van der Waals surface area contributed by atoms with E-state index < -0.39 is 0 Å². The van der Waals surface area contributed by atoms with Crippen LogP contribution in [0.1, 0.15) is 11.1 Å². The number of aromatic nitrogens is 1. The number of benzene rings is 4. The summed E-state index contributed by atoms with van der Waals surface area (Å²) < 4.78 is 5.04. The molecule has 0 aliphatic rings. The van der Waals surface area contributed by atoms with Crippen LogP contribution in [0.25, 0.3) is 42.0 Å². The number of hydrogen-bond acceptors (Lipinski definition) is 1. The predicted octanol–water partition coefficient (Wildman–Crippen LogP) is 7.29. The zero-order chi connectivity index (χ0) is 18.7. The summed E-state index contributed by atoms with van der Waals surface area (Å²) in [5, 5.41) is 5.48. The molecule has 0 radical (unpaired) electrons. The molecular formula is C26H19NS. The largest absolute Gasteiger partial charge is 0.344 e. The molecule has 0 bridgehead atoms. The third-order valence-electron chi connectivity index (χ3n) is 5.86. The van der Waals surface area contributed by atoms with Gasteiger partial charge >= 0.3 is 0 Å². The van der Waals surface area contributed by atoms with Crippen LogP contribution in [-0.2, 0) is 13.5 Å². The Labute approximate surface area is 167 Å². The Kier molecular flexibility index (Phi) is 3.38. The first-order valence-corrected chi connectivity index (χ1v) is 10.5. The highest BCUT2D eigenvalue weighted by Gasteiger charge is 2.11. The number of para-hydroxylation sites is 1. The Morgan fingerprint density at radius 1 is 0.679 bits per heavy atom. The van der Waals surface area contributed by atoms with Crippen LogP contribution in [0, 0.1) is 0 Å². The van der Waals surface area contributed by atoms with Gasteiger partial charge in [-0.1, -0.05) is 54.6 Å². The van der Waals surface area contributed by atoms with Crippen LogP contribution >= 0.6 is 11.3 Å². The van der Waals surface area contributed by atoms with Crippen LogP contribution in [0.15, 0.2) is 84.9 Å². The number of hydrogen-bond donors (Lipinski definition) is 0. The first kappa shape index (κ1) is 15.9. The third kappa shape index (κ3) is 2.25. The van der Waals surface area contributed by atoms with Crippen LogP contribution in [0.2, 0.25) is 0 Å². The van der Waals surface area contributed by atoms with Crippen molar-refractivity contribution in [2.45, 2.75) is 6.42 Å². The monoisotopic (exact) mass is 377 g/mol. The molecule has 0 unspecified atom stereocenters. The van der Waals surface area contributed by atoms with E-state index in [1.807, 2.05) is 11.3 Å². The standard InChI is InChI=1S/C26H19NS/c1-27-22-10-4-2-8-19(22)21-16-17(13-14-23(21)27)15-18-7-6-12-25-26(18)20-9-3-5-11-24(20)28-25/h2-14,16H,15H2,1H3. The molecule has 0 aliphatic heterocycles. The molecule has 0 spiro atoms. The minimum Gasteiger partial charge on any atom is -0.344 e. The SMILES string of the molecule is Cn1c2ccccc2c2cc(Cc3cccc4sc5ccccc5c34)ccc21. The lowest BCUT2D eigenvalue weighted by molar-refractivity contribution is 1.01. The van der Waals surface area contributed by atoms with Crippen molar-refractivity contribution in [2.75, 3.05) is 0 Å². The van der Waals surface area contributed by atoms with E-state index in [0.717, 1.165) is 6.42 Å². The molecule has 0 amide bonds. The van der Waals surface area contributed by atoms with Gasteiger partial charge in [-0.2, -0.15) is 0 Å². The Bertz CT molecular complexity index is 1500. The lowest BCUT2D eigenvalue weighted by atomic mass is 9.98. The van der Waals surface area contributed by atoms with Crippen molar-refractivity contribution in [1.82, 2.24) is 4.57 Å². The number of fused-ring (bicyclic) bond motifs is 6. The fourth-order valence-corrected chi connectivity index (χ4v) is 5.69. The van der Waals surface area contributed by atoms with E-state index in [9.17, 15) is 0 Å². The molecule has 2 aromatic heterocycles. The van der Waals surface area contributed by atoms with Gasteiger partial charge in [0.2, 0.25) is 0 Å². The lowest BCUT2D eigenvalue weighted by Crippen LogP contribution is -1.90. The van der Waals surface area contributed by atoms with Gasteiger partial charge in [-0.05, 0) is 47.9 Å². The minimum atomic E-state index is 0.956. The third-order valence-corrected chi connectivity index (χ3v) is 7.00. The fraction of sp³-hybridized carbons (Fsp3) is 0.0769. The van der Waals surface area contributed by atoms with Crippen LogP contribution in [0.4, 0.5) is 0 Å². The number of aryl methyl sites for hydroxylation is 1. The van der Waals surface area contributed by atoms with Crippen molar-refractivity contribution >= 4 is 53.3 Å². The summed E-state index contributed by atoms with van der Waals surface area (Å²) in [4.78, 5) is 0. The van der Waals surface area contributed by atoms with Gasteiger partial charge in [0.1, 0.15) is 0 Å². The maximum absolute atomic E-state index is 2.38. The van der Waals surface area contributed by atoms with Crippen molar-refractivity contribution in [3.8, 4) is 0 Å². The zero-order valence-corrected chi connectivity index (χ0v) is 16.5. The lowest BCUT2D eigenvalue weighted by Gasteiger charge is -2.06. The average Bonchev–Trinajstić information content (AvgIpc) is 3.25. The fourth-order valence-electron chi connectivity index (χ4n) is 4.54. The van der Waals surface area contributed by atoms with Gasteiger partial charge < -0.3 is 4.57 Å². The highest BCUT2D eigenvalue weighted by Crippen LogP contribution is 2.37. The van der Waals surface area contributed by atoms with E-state index in [4.69, 9.17) is 0 Å². The molecule has 0 fully saturated rings. The number of rotatable bonds is 2. The first-order valence-electron chi connectivity index (χ1n) is 9.65. The van der Waals surface area contributed by atoms with Gasteiger partial charge in [-0.25, -0.2) is 0 Å². The molecular weight excluding hydrogens is 358 g/mol. The normalized spacial score (nSPS) is 11.9. The van der Waals surface area contributed by atoms with Crippen molar-refractivity contribution in [1.29, 1.82) is 0 Å². The van der Waals surface area contributed by atoms with Crippen molar-refractivity contribution in [3.63, 3.8) is 0 Å². The highest BCUT2D eigenvalue weighted by molar-refractivity contribution is 7.25. The maximum atomic E-state index is 2.38. The predicted molar refractivity (Wildman–Crippen MR) is 123 cm³/mol. The molecule has 0 aliphatic carbocycles. The van der Waals surface area contributed by atoms with E-state index in [1.165, 1.54) is 53.1 Å². The Morgan fingerprint density at radius 3 is 2.36 bits per heavy atom. The summed E-state index contributed by atoms with van der Waals surface area (Å²) in [7, 11) is 2.16. The van der Waals surface area contributed by atoms with Gasteiger partial charge in [0.25, 0.3) is 0 Å².